The largest absolute Gasteiger partial charge is 0.370 e. The van der Waals surface area contributed by atoms with Crippen LogP contribution in [0.2, 0.25) is 0 Å². The van der Waals surface area contributed by atoms with Crippen molar-refractivity contribution in [2.45, 2.75) is 20.3 Å². The minimum atomic E-state index is -0.561. The predicted molar refractivity (Wildman–Crippen MR) is 71.2 cm³/mol. The summed E-state index contributed by atoms with van der Waals surface area (Å²) in [5.74, 6) is 1.40. The van der Waals surface area contributed by atoms with Gasteiger partial charge in [-0.15, -0.1) is 0 Å². The second kappa shape index (κ2) is 5.47. The van der Waals surface area contributed by atoms with Gasteiger partial charge in [0.25, 0.3) is 5.91 Å². The summed E-state index contributed by atoms with van der Waals surface area (Å²) in [5, 5.41) is 7.26. The Morgan fingerprint density at radius 2 is 2.26 bits per heavy atom. The summed E-state index contributed by atoms with van der Waals surface area (Å²) in [7, 11) is 0. The molecular formula is C12H16N6O. The standard InChI is InChI=1S/C12H16N6O/c1-3-5-14-10-7-11(16-8(2)15-10)18-6-4-9(17-18)12(13)19/h4,6-7H,3,5H2,1-2H3,(H2,13,19)(H,14,15,16). The fraction of sp³-hybridized carbons (Fsp3) is 0.333. The first-order chi connectivity index (χ1) is 9.10. The molecule has 7 nitrogen and oxygen atoms in total. The van der Waals surface area contributed by atoms with Crippen molar-refractivity contribution in [1.82, 2.24) is 19.7 Å². The molecule has 0 aliphatic heterocycles. The Kier molecular flexibility index (Phi) is 3.74. The predicted octanol–water partition coefficient (Wildman–Crippen LogP) is 0.892. The minimum absolute atomic E-state index is 0.208. The van der Waals surface area contributed by atoms with Crippen molar-refractivity contribution in [3.05, 3.63) is 29.8 Å². The second-order valence-electron chi connectivity index (χ2n) is 4.10. The molecular weight excluding hydrogens is 244 g/mol. The van der Waals surface area contributed by atoms with Gasteiger partial charge in [-0.3, -0.25) is 4.79 Å². The Balaban J connectivity index is 2.32. The van der Waals surface area contributed by atoms with E-state index in [2.05, 4.69) is 27.3 Å². The molecule has 0 aliphatic rings. The highest BCUT2D eigenvalue weighted by Crippen LogP contribution is 2.11. The van der Waals surface area contributed by atoms with Gasteiger partial charge >= 0.3 is 0 Å². The number of hydrogen-bond acceptors (Lipinski definition) is 5. The lowest BCUT2D eigenvalue weighted by atomic mass is 10.4. The molecule has 0 bridgehead atoms. The fourth-order valence-electron chi connectivity index (χ4n) is 1.60. The van der Waals surface area contributed by atoms with Crippen molar-refractivity contribution in [2.24, 2.45) is 5.73 Å². The van der Waals surface area contributed by atoms with Gasteiger partial charge in [0, 0.05) is 18.8 Å². The number of nitrogens with zero attached hydrogens (tertiary/aromatic N) is 4. The van der Waals surface area contributed by atoms with Crippen molar-refractivity contribution < 1.29 is 4.79 Å². The molecule has 7 heteroatoms. The summed E-state index contributed by atoms with van der Waals surface area (Å²) in [4.78, 5) is 19.6. The lowest BCUT2D eigenvalue weighted by molar-refractivity contribution is 0.0995. The molecule has 2 rings (SSSR count). The van der Waals surface area contributed by atoms with Crippen LogP contribution in [-0.4, -0.2) is 32.2 Å². The van der Waals surface area contributed by atoms with Crippen molar-refractivity contribution >= 4 is 11.7 Å². The minimum Gasteiger partial charge on any atom is -0.370 e. The molecule has 0 unspecified atom stereocenters. The maximum absolute atomic E-state index is 11.0. The molecule has 2 heterocycles. The monoisotopic (exact) mass is 260 g/mol. The van der Waals surface area contributed by atoms with E-state index >= 15 is 0 Å². The van der Waals surface area contributed by atoms with Crippen LogP contribution < -0.4 is 11.1 Å². The number of nitrogens with two attached hydrogens (primary N) is 1. The molecule has 0 aliphatic carbocycles. The zero-order valence-electron chi connectivity index (χ0n) is 10.9. The van der Waals surface area contributed by atoms with Gasteiger partial charge in [-0.1, -0.05) is 6.92 Å². The van der Waals surface area contributed by atoms with E-state index in [4.69, 9.17) is 5.73 Å². The number of amides is 1. The van der Waals surface area contributed by atoms with Gasteiger partial charge in [-0.2, -0.15) is 5.10 Å². The second-order valence-corrected chi connectivity index (χ2v) is 4.10. The molecule has 0 saturated heterocycles. The molecule has 0 aromatic carbocycles. The van der Waals surface area contributed by atoms with E-state index in [9.17, 15) is 4.79 Å². The lowest BCUT2D eigenvalue weighted by Gasteiger charge is -2.07. The average molecular weight is 260 g/mol. The number of carbonyl (C=O) groups excluding carboxylic acids is 1. The van der Waals surface area contributed by atoms with E-state index in [1.807, 2.05) is 0 Å². The van der Waals surface area contributed by atoms with Crippen LogP contribution >= 0.6 is 0 Å². The quantitative estimate of drug-likeness (QED) is 0.831. The average Bonchev–Trinajstić information content (AvgIpc) is 2.85. The van der Waals surface area contributed by atoms with Crippen LogP contribution in [0.15, 0.2) is 18.3 Å². The van der Waals surface area contributed by atoms with Crippen molar-refractivity contribution in [3.8, 4) is 5.82 Å². The summed E-state index contributed by atoms with van der Waals surface area (Å²) in [6, 6.07) is 3.33. The number of aryl methyl sites for hydroxylation is 1. The molecule has 3 N–H and O–H groups in total. The normalized spacial score (nSPS) is 10.4. The Labute approximate surface area is 110 Å². The molecule has 0 saturated carbocycles. The third-order valence-corrected chi connectivity index (χ3v) is 2.46. The fourth-order valence-corrected chi connectivity index (χ4v) is 1.60. The van der Waals surface area contributed by atoms with Gasteiger partial charge in [-0.25, -0.2) is 14.6 Å². The summed E-state index contributed by atoms with van der Waals surface area (Å²) >= 11 is 0. The van der Waals surface area contributed by atoms with Gasteiger partial charge in [0.15, 0.2) is 5.82 Å². The zero-order chi connectivity index (χ0) is 13.8. The van der Waals surface area contributed by atoms with Crippen LogP contribution in [0.3, 0.4) is 0 Å². The first-order valence-electron chi connectivity index (χ1n) is 6.05. The summed E-state index contributed by atoms with van der Waals surface area (Å²) in [6.45, 7) is 4.72. The summed E-state index contributed by atoms with van der Waals surface area (Å²) in [6.07, 6.45) is 2.65. The molecule has 0 spiro atoms. The van der Waals surface area contributed by atoms with E-state index < -0.39 is 5.91 Å². The Hall–Kier alpha value is -2.44. The molecule has 0 fully saturated rings. The highest BCUT2D eigenvalue weighted by atomic mass is 16.1. The highest BCUT2D eigenvalue weighted by molar-refractivity contribution is 5.90. The number of aromatic nitrogens is 4. The van der Waals surface area contributed by atoms with E-state index in [-0.39, 0.29) is 5.69 Å². The number of primary amides is 1. The maximum atomic E-state index is 11.0. The zero-order valence-corrected chi connectivity index (χ0v) is 10.9. The topological polar surface area (TPSA) is 98.7 Å². The molecule has 1 amide bonds. The molecule has 100 valence electrons. The smallest absolute Gasteiger partial charge is 0.269 e. The van der Waals surface area contributed by atoms with Crippen molar-refractivity contribution in [3.63, 3.8) is 0 Å². The van der Waals surface area contributed by atoms with E-state index in [1.165, 1.54) is 4.68 Å². The van der Waals surface area contributed by atoms with Crippen LogP contribution in [0.25, 0.3) is 5.82 Å². The van der Waals surface area contributed by atoms with E-state index in [0.717, 1.165) is 18.8 Å². The van der Waals surface area contributed by atoms with Gasteiger partial charge in [0.1, 0.15) is 17.3 Å². The van der Waals surface area contributed by atoms with Gasteiger partial charge in [-0.05, 0) is 19.4 Å². The first kappa shape index (κ1) is 13.0. The molecule has 0 radical (unpaired) electrons. The van der Waals surface area contributed by atoms with Crippen molar-refractivity contribution in [2.75, 3.05) is 11.9 Å². The van der Waals surface area contributed by atoms with Crippen LogP contribution in [-0.2, 0) is 0 Å². The number of hydrogen-bond donors (Lipinski definition) is 2. The highest BCUT2D eigenvalue weighted by Gasteiger charge is 2.08. The Morgan fingerprint density at radius 3 is 2.89 bits per heavy atom. The van der Waals surface area contributed by atoms with Gasteiger partial charge in [0.05, 0.1) is 0 Å². The first-order valence-corrected chi connectivity index (χ1v) is 6.05. The van der Waals surface area contributed by atoms with E-state index in [0.29, 0.717) is 11.6 Å². The van der Waals surface area contributed by atoms with Crippen LogP contribution in [0, 0.1) is 6.92 Å². The Morgan fingerprint density at radius 1 is 1.47 bits per heavy atom. The maximum Gasteiger partial charge on any atom is 0.269 e. The van der Waals surface area contributed by atoms with Gasteiger partial charge < -0.3 is 11.1 Å². The summed E-state index contributed by atoms with van der Waals surface area (Å²) < 4.78 is 1.51. The number of carbonyl (C=O) groups is 1. The van der Waals surface area contributed by atoms with Crippen molar-refractivity contribution in [1.29, 1.82) is 0 Å². The molecule has 19 heavy (non-hydrogen) atoms. The molecule has 2 aromatic rings. The number of rotatable bonds is 5. The lowest BCUT2D eigenvalue weighted by Crippen LogP contribution is -2.13. The molecule has 2 aromatic heterocycles. The Bertz CT molecular complexity index is 592. The van der Waals surface area contributed by atoms with Crippen LogP contribution in [0.1, 0.15) is 29.7 Å². The third-order valence-electron chi connectivity index (χ3n) is 2.46. The SMILES string of the molecule is CCCNc1cc(-n2ccc(C(N)=O)n2)nc(C)n1. The summed E-state index contributed by atoms with van der Waals surface area (Å²) in [5.41, 5.74) is 5.38. The molecule has 0 atom stereocenters. The van der Waals surface area contributed by atoms with E-state index in [1.54, 1.807) is 25.3 Å². The van der Waals surface area contributed by atoms with Crippen LogP contribution in [0.5, 0.6) is 0 Å². The van der Waals surface area contributed by atoms with Gasteiger partial charge in [0.2, 0.25) is 0 Å². The number of nitrogens with one attached hydrogen (secondary N) is 1. The third kappa shape index (κ3) is 3.06. The number of anilines is 1. The van der Waals surface area contributed by atoms with Crippen LogP contribution in [0.4, 0.5) is 5.82 Å².